The van der Waals surface area contributed by atoms with Crippen molar-refractivity contribution in [3.8, 4) is 0 Å². The van der Waals surface area contributed by atoms with Gasteiger partial charge in [0.15, 0.2) is 0 Å². The van der Waals surface area contributed by atoms with Crippen molar-refractivity contribution < 1.29 is 14.0 Å². The van der Waals surface area contributed by atoms with Crippen LogP contribution in [-0.4, -0.2) is 36.3 Å². The molecule has 1 rings (SSSR count). The van der Waals surface area contributed by atoms with Crippen LogP contribution in [0.15, 0.2) is 24.3 Å². The van der Waals surface area contributed by atoms with Crippen LogP contribution >= 0.6 is 12.4 Å². The van der Waals surface area contributed by atoms with Crippen LogP contribution in [0, 0.1) is 5.82 Å². The highest BCUT2D eigenvalue weighted by Gasteiger charge is 2.20. The van der Waals surface area contributed by atoms with Gasteiger partial charge in [0.05, 0.1) is 19.1 Å². The first kappa shape index (κ1) is 19.3. The molecule has 118 valence electrons. The number of benzene rings is 1. The van der Waals surface area contributed by atoms with E-state index in [1.807, 2.05) is 13.8 Å². The lowest BCUT2D eigenvalue weighted by atomic mass is 10.1. The van der Waals surface area contributed by atoms with Crippen LogP contribution in [-0.2, 0) is 9.59 Å². The minimum absolute atomic E-state index is 0. The summed E-state index contributed by atoms with van der Waals surface area (Å²) in [5.74, 6) is -0.888. The average molecular weight is 318 g/mol. The molecule has 0 heterocycles. The summed E-state index contributed by atoms with van der Waals surface area (Å²) in [5, 5.41) is 2.45. The molecule has 0 aliphatic heterocycles. The number of hydrogen-bond donors (Lipinski definition) is 2. The van der Waals surface area contributed by atoms with E-state index in [-0.39, 0.29) is 49.2 Å². The molecule has 2 amide bonds. The van der Waals surface area contributed by atoms with Crippen LogP contribution in [0.5, 0.6) is 0 Å². The fraction of sp³-hybridized carbons (Fsp3) is 0.429. The SMILES string of the molecule is CCN(C(=O)CNC(=O)CN)C(C)c1ccc(F)cc1.Cl. The van der Waals surface area contributed by atoms with Crippen molar-refractivity contribution in [1.82, 2.24) is 10.2 Å². The second-order valence-corrected chi connectivity index (χ2v) is 4.39. The van der Waals surface area contributed by atoms with Gasteiger partial charge in [-0.1, -0.05) is 12.1 Å². The highest BCUT2D eigenvalue weighted by molar-refractivity contribution is 5.86. The van der Waals surface area contributed by atoms with Crippen molar-refractivity contribution in [2.75, 3.05) is 19.6 Å². The summed E-state index contributed by atoms with van der Waals surface area (Å²) in [5.41, 5.74) is 6.00. The van der Waals surface area contributed by atoms with E-state index in [9.17, 15) is 14.0 Å². The zero-order valence-corrected chi connectivity index (χ0v) is 13.0. The van der Waals surface area contributed by atoms with Crippen LogP contribution in [0.2, 0.25) is 0 Å². The van der Waals surface area contributed by atoms with Crippen LogP contribution < -0.4 is 11.1 Å². The number of hydrogen-bond acceptors (Lipinski definition) is 3. The zero-order chi connectivity index (χ0) is 15.1. The van der Waals surface area contributed by atoms with Gasteiger partial charge in [0.25, 0.3) is 0 Å². The highest BCUT2D eigenvalue weighted by Crippen LogP contribution is 2.20. The molecule has 1 aromatic rings. The summed E-state index contributed by atoms with van der Waals surface area (Å²) >= 11 is 0. The number of rotatable bonds is 6. The molecule has 7 heteroatoms. The maximum absolute atomic E-state index is 12.9. The summed E-state index contributed by atoms with van der Waals surface area (Å²) in [6.45, 7) is 3.97. The Morgan fingerprint density at radius 2 is 1.90 bits per heavy atom. The Hall–Kier alpha value is -1.66. The van der Waals surface area contributed by atoms with Gasteiger partial charge in [0.1, 0.15) is 5.82 Å². The number of amides is 2. The lowest BCUT2D eigenvalue weighted by molar-refractivity contribution is -0.134. The highest BCUT2D eigenvalue weighted by atomic mass is 35.5. The molecule has 1 aromatic carbocycles. The lowest BCUT2D eigenvalue weighted by Crippen LogP contribution is -2.42. The number of nitrogens with zero attached hydrogens (tertiary/aromatic N) is 1. The number of carbonyl (C=O) groups excluding carboxylic acids is 2. The molecule has 3 N–H and O–H groups in total. The van der Waals surface area contributed by atoms with Gasteiger partial charge in [0, 0.05) is 6.54 Å². The molecule has 0 bridgehead atoms. The molecular formula is C14H21ClFN3O2. The van der Waals surface area contributed by atoms with Gasteiger partial charge in [-0.05, 0) is 31.5 Å². The van der Waals surface area contributed by atoms with Gasteiger partial charge in [-0.2, -0.15) is 0 Å². The van der Waals surface area contributed by atoms with E-state index in [1.165, 1.54) is 12.1 Å². The van der Waals surface area contributed by atoms with Gasteiger partial charge >= 0.3 is 0 Å². The lowest BCUT2D eigenvalue weighted by Gasteiger charge is -2.28. The summed E-state index contributed by atoms with van der Waals surface area (Å²) in [4.78, 5) is 24.7. The third-order valence-electron chi connectivity index (χ3n) is 3.10. The van der Waals surface area contributed by atoms with Crippen molar-refractivity contribution in [3.63, 3.8) is 0 Å². The van der Waals surface area contributed by atoms with Crippen molar-refractivity contribution >= 4 is 24.2 Å². The van der Waals surface area contributed by atoms with Gasteiger partial charge in [-0.25, -0.2) is 4.39 Å². The number of halogens is 2. The Morgan fingerprint density at radius 3 is 2.38 bits per heavy atom. The smallest absolute Gasteiger partial charge is 0.242 e. The van der Waals surface area contributed by atoms with Crippen LogP contribution in [0.4, 0.5) is 4.39 Å². The normalized spacial score (nSPS) is 11.2. The fourth-order valence-corrected chi connectivity index (χ4v) is 1.94. The Labute approximate surface area is 130 Å². The number of nitrogens with two attached hydrogens (primary N) is 1. The fourth-order valence-electron chi connectivity index (χ4n) is 1.94. The third kappa shape index (κ3) is 5.69. The van der Waals surface area contributed by atoms with Crippen molar-refractivity contribution in [2.45, 2.75) is 19.9 Å². The van der Waals surface area contributed by atoms with Crippen molar-refractivity contribution in [1.29, 1.82) is 0 Å². The Kier molecular flexibility index (Phi) is 8.57. The molecule has 5 nitrogen and oxygen atoms in total. The molecule has 0 aliphatic rings. The predicted octanol–water partition coefficient (Wildman–Crippen LogP) is 1.23. The maximum atomic E-state index is 12.9. The number of carbonyl (C=O) groups is 2. The molecule has 0 saturated heterocycles. The topological polar surface area (TPSA) is 75.4 Å². The van der Waals surface area contributed by atoms with Crippen molar-refractivity contribution in [2.24, 2.45) is 5.73 Å². The second kappa shape index (κ2) is 9.31. The molecule has 0 spiro atoms. The van der Waals surface area contributed by atoms with Gasteiger partial charge in [0.2, 0.25) is 11.8 Å². The third-order valence-corrected chi connectivity index (χ3v) is 3.10. The quantitative estimate of drug-likeness (QED) is 0.828. The van der Waals surface area contributed by atoms with E-state index in [2.05, 4.69) is 5.32 Å². The Morgan fingerprint density at radius 1 is 1.33 bits per heavy atom. The van der Waals surface area contributed by atoms with E-state index < -0.39 is 0 Å². The number of likely N-dealkylation sites (N-methyl/N-ethyl adjacent to an activating group) is 1. The molecule has 1 atom stereocenters. The zero-order valence-electron chi connectivity index (χ0n) is 12.1. The van der Waals surface area contributed by atoms with Gasteiger partial charge < -0.3 is 16.0 Å². The van der Waals surface area contributed by atoms with Crippen LogP contribution in [0.25, 0.3) is 0 Å². The summed E-state index contributed by atoms with van der Waals surface area (Å²) in [7, 11) is 0. The molecule has 0 aromatic heterocycles. The molecule has 1 unspecified atom stereocenters. The Bertz CT molecular complexity index is 468. The summed E-state index contributed by atoms with van der Waals surface area (Å²) < 4.78 is 12.9. The monoisotopic (exact) mass is 317 g/mol. The second-order valence-electron chi connectivity index (χ2n) is 4.39. The molecular weight excluding hydrogens is 297 g/mol. The first-order valence-corrected chi connectivity index (χ1v) is 6.51. The van der Waals surface area contributed by atoms with E-state index in [0.29, 0.717) is 6.54 Å². The van der Waals surface area contributed by atoms with E-state index in [1.54, 1.807) is 17.0 Å². The molecule has 0 aliphatic carbocycles. The average Bonchev–Trinajstić information content (AvgIpc) is 2.46. The molecule has 0 saturated carbocycles. The first-order valence-electron chi connectivity index (χ1n) is 6.51. The summed E-state index contributed by atoms with van der Waals surface area (Å²) in [6.07, 6.45) is 0. The number of nitrogens with one attached hydrogen (secondary N) is 1. The van der Waals surface area contributed by atoms with E-state index >= 15 is 0 Å². The summed E-state index contributed by atoms with van der Waals surface area (Å²) in [6, 6.07) is 5.83. The first-order chi connectivity index (χ1) is 9.49. The van der Waals surface area contributed by atoms with E-state index in [0.717, 1.165) is 5.56 Å². The van der Waals surface area contributed by atoms with Crippen molar-refractivity contribution in [3.05, 3.63) is 35.6 Å². The Balaban J connectivity index is 0.00000400. The molecule has 0 fully saturated rings. The predicted molar refractivity (Wildman–Crippen MR) is 81.5 cm³/mol. The minimum Gasteiger partial charge on any atom is -0.346 e. The standard InChI is InChI=1S/C14H20FN3O2.ClH/c1-3-18(14(20)9-17-13(19)8-16)10(2)11-4-6-12(15)7-5-11;/h4-7,10H,3,8-9,16H2,1-2H3,(H,17,19);1H. The van der Waals surface area contributed by atoms with E-state index in [4.69, 9.17) is 5.73 Å². The van der Waals surface area contributed by atoms with Gasteiger partial charge in [-0.3, -0.25) is 9.59 Å². The maximum Gasteiger partial charge on any atom is 0.242 e. The largest absolute Gasteiger partial charge is 0.346 e. The minimum atomic E-state index is -0.371. The van der Waals surface area contributed by atoms with Crippen LogP contribution in [0.3, 0.4) is 0 Å². The van der Waals surface area contributed by atoms with Gasteiger partial charge in [-0.15, -0.1) is 12.4 Å². The molecule has 0 radical (unpaired) electrons. The van der Waals surface area contributed by atoms with Crippen LogP contribution in [0.1, 0.15) is 25.5 Å². The molecule has 21 heavy (non-hydrogen) atoms.